The molecule has 0 radical (unpaired) electrons. The maximum atomic E-state index is 12.1. The van der Waals surface area contributed by atoms with E-state index in [9.17, 15) is 9.90 Å². The molecule has 2 N–H and O–H groups in total. The van der Waals surface area contributed by atoms with Crippen LogP contribution < -0.4 is 5.32 Å². The highest BCUT2D eigenvalue weighted by atomic mass is 16.3. The molecular weight excluding hydrogens is 214 g/mol. The van der Waals surface area contributed by atoms with Crippen molar-refractivity contribution in [3.8, 4) is 0 Å². The van der Waals surface area contributed by atoms with Gasteiger partial charge in [0.2, 0.25) is 5.91 Å². The molecule has 1 fully saturated rings. The third-order valence-electron chi connectivity index (χ3n) is 4.11. The van der Waals surface area contributed by atoms with Gasteiger partial charge in [-0.15, -0.1) is 0 Å². The van der Waals surface area contributed by atoms with E-state index >= 15 is 0 Å². The Hall–Kier alpha value is -0.830. The van der Waals surface area contributed by atoms with E-state index in [1.807, 2.05) is 0 Å². The molecule has 0 aromatic rings. The Morgan fingerprint density at radius 2 is 2.06 bits per heavy atom. The van der Waals surface area contributed by atoms with Gasteiger partial charge >= 0.3 is 0 Å². The van der Waals surface area contributed by atoms with Crippen molar-refractivity contribution >= 4 is 5.91 Å². The second-order valence-electron chi connectivity index (χ2n) is 5.32. The molecule has 3 nitrogen and oxygen atoms in total. The van der Waals surface area contributed by atoms with Crippen molar-refractivity contribution in [1.29, 1.82) is 0 Å². The average molecular weight is 237 g/mol. The smallest absolute Gasteiger partial charge is 0.223 e. The van der Waals surface area contributed by atoms with E-state index in [2.05, 4.69) is 17.5 Å². The second kappa shape index (κ2) is 6.20. The zero-order valence-electron chi connectivity index (χ0n) is 10.4. The number of carbonyl (C=O) groups excluding carboxylic acids is 1. The molecule has 3 atom stereocenters. The minimum absolute atomic E-state index is 0.154. The first-order valence-electron chi connectivity index (χ1n) is 6.87. The van der Waals surface area contributed by atoms with Gasteiger partial charge in [-0.3, -0.25) is 4.79 Å². The Labute approximate surface area is 103 Å². The molecular formula is C14H23NO2. The van der Waals surface area contributed by atoms with Crippen LogP contribution in [-0.2, 0) is 4.79 Å². The lowest BCUT2D eigenvalue weighted by atomic mass is 9.84. The summed E-state index contributed by atoms with van der Waals surface area (Å²) in [7, 11) is 0. The molecule has 1 saturated carbocycles. The van der Waals surface area contributed by atoms with Crippen molar-refractivity contribution in [1.82, 2.24) is 5.32 Å². The summed E-state index contributed by atoms with van der Waals surface area (Å²) in [6.07, 6.45) is 11.6. The van der Waals surface area contributed by atoms with Crippen LogP contribution in [0, 0.1) is 11.8 Å². The Kier molecular flexibility index (Phi) is 4.60. The normalized spacial score (nSPS) is 33.4. The van der Waals surface area contributed by atoms with Gasteiger partial charge in [0.25, 0.3) is 0 Å². The summed E-state index contributed by atoms with van der Waals surface area (Å²) in [6, 6.07) is 0.201. The lowest BCUT2D eigenvalue weighted by Crippen LogP contribution is -2.45. The topological polar surface area (TPSA) is 49.3 Å². The number of hydrogen-bond acceptors (Lipinski definition) is 2. The van der Waals surface area contributed by atoms with Crippen molar-refractivity contribution < 1.29 is 9.90 Å². The predicted molar refractivity (Wildman–Crippen MR) is 67.5 cm³/mol. The lowest BCUT2D eigenvalue weighted by Gasteiger charge is -2.32. The van der Waals surface area contributed by atoms with Crippen molar-refractivity contribution in [2.45, 2.75) is 51.0 Å². The summed E-state index contributed by atoms with van der Waals surface area (Å²) in [5.41, 5.74) is 0. The zero-order valence-corrected chi connectivity index (χ0v) is 10.4. The van der Waals surface area contributed by atoms with E-state index < -0.39 is 0 Å². The molecule has 3 unspecified atom stereocenters. The summed E-state index contributed by atoms with van der Waals surface area (Å²) in [5, 5.41) is 12.5. The van der Waals surface area contributed by atoms with Gasteiger partial charge in [-0.05, 0) is 32.1 Å². The van der Waals surface area contributed by atoms with Gasteiger partial charge in [0.05, 0.1) is 0 Å². The average Bonchev–Trinajstić information content (AvgIpc) is 2.40. The maximum Gasteiger partial charge on any atom is 0.223 e. The van der Waals surface area contributed by atoms with Crippen molar-refractivity contribution in [2.24, 2.45) is 11.8 Å². The Morgan fingerprint density at radius 3 is 2.76 bits per heavy atom. The molecule has 0 aliphatic heterocycles. The highest BCUT2D eigenvalue weighted by molar-refractivity contribution is 5.79. The Bertz CT molecular complexity index is 288. The molecule has 0 bridgehead atoms. The molecule has 17 heavy (non-hydrogen) atoms. The van der Waals surface area contributed by atoms with Gasteiger partial charge in [0, 0.05) is 24.5 Å². The zero-order chi connectivity index (χ0) is 12.1. The molecule has 96 valence electrons. The highest BCUT2D eigenvalue weighted by Crippen LogP contribution is 2.25. The van der Waals surface area contributed by atoms with Crippen LogP contribution in [0.4, 0.5) is 0 Å². The summed E-state index contributed by atoms with van der Waals surface area (Å²) in [6.45, 7) is 0.204. The molecule has 2 aliphatic carbocycles. The number of hydrogen-bond donors (Lipinski definition) is 2. The fourth-order valence-corrected chi connectivity index (χ4v) is 2.95. The molecule has 0 aromatic heterocycles. The minimum atomic E-state index is 0.154. The second-order valence-corrected chi connectivity index (χ2v) is 5.32. The van der Waals surface area contributed by atoms with Crippen LogP contribution in [0.3, 0.4) is 0 Å². The summed E-state index contributed by atoms with van der Waals surface area (Å²) in [5.74, 6) is 0.618. The molecule has 0 spiro atoms. The van der Waals surface area contributed by atoms with Crippen LogP contribution in [0.25, 0.3) is 0 Å². The minimum Gasteiger partial charge on any atom is -0.396 e. The third kappa shape index (κ3) is 3.32. The van der Waals surface area contributed by atoms with Crippen LogP contribution in [0.15, 0.2) is 12.2 Å². The number of nitrogens with one attached hydrogen (secondary N) is 1. The molecule has 0 saturated heterocycles. The Morgan fingerprint density at radius 1 is 1.24 bits per heavy atom. The Balaban J connectivity index is 1.85. The lowest BCUT2D eigenvalue weighted by molar-refractivity contribution is -0.126. The van der Waals surface area contributed by atoms with Gasteiger partial charge in [-0.25, -0.2) is 0 Å². The molecule has 0 heterocycles. The summed E-state index contributed by atoms with van der Waals surface area (Å²) in [4.78, 5) is 12.1. The van der Waals surface area contributed by atoms with Gasteiger partial charge < -0.3 is 10.4 Å². The quantitative estimate of drug-likeness (QED) is 0.738. The number of amides is 1. The van der Waals surface area contributed by atoms with Crippen molar-refractivity contribution in [3.05, 3.63) is 12.2 Å². The predicted octanol–water partition coefficient (Wildman–Crippen LogP) is 2.01. The van der Waals surface area contributed by atoms with Crippen LogP contribution >= 0.6 is 0 Å². The third-order valence-corrected chi connectivity index (χ3v) is 4.11. The molecule has 2 aliphatic rings. The van der Waals surface area contributed by atoms with E-state index in [0.717, 1.165) is 32.1 Å². The first-order valence-corrected chi connectivity index (χ1v) is 6.87. The van der Waals surface area contributed by atoms with E-state index in [-0.39, 0.29) is 30.4 Å². The SMILES string of the molecule is O=C(NC1CCCCC1CO)C1CC=CCC1. The maximum absolute atomic E-state index is 12.1. The van der Waals surface area contributed by atoms with E-state index in [4.69, 9.17) is 0 Å². The standard InChI is InChI=1S/C14H23NO2/c16-10-12-8-4-5-9-13(12)15-14(17)11-6-2-1-3-7-11/h1-2,11-13,16H,3-10H2,(H,15,17). The molecule has 0 aromatic carbocycles. The fourth-order valence-electron chi connectivity index (χ4n) is 2.95. The van der Waals surface area contributed by atoms with Gasteiger partial charge in [0.1, 0.15) is 0 Å². The van der Waals surface area contributed by atoms with Gasteiger partial charge in [-0.1, -0.05) is 25.0 Å². The van der Waals surface area contributed by atoms with Crippen LogP contribution in [-0.4, -0.2) is 23.7 Å². The fraction of sp³-hybridized carbons (Fsp3) is 0.786. The highest BCUT2D eigenvalue weighted by Gasteiger charge is 2.28. The number of rotatable bonds is 3. The van der Waals surface area contributed by atoms with E-state index in [0.29, 0.717) is 0 Å². The first-order chi connectivity index (χ1) is 8.31. The summed E-state index contributed by atoms with van der Waals surface area (Å²) < 4.78 is 0. The van der Waals surface area contributed by atoms with Crippen molar-refractivity contribution in [3.63, 3.8) is 0 Å². The monoisotopic (exact) mass is 237 g/mol. The first kappa shape index (κ1) is 12.6. The summed E-state index contributed by atoms with van der Waals surface area (Å²) >= 11 is 0. The van der Waals surface area contributed by atoms with Gasteiger partial charge in [0.15, 0.2) is 0 Å². The molecule has 1 amide bonds. The number of carbonyl (C=O) groups is 1. The number of aliphatic hydroxyl groups is 1. The number of allylic oxidation sites excluding steroid dienone is 2. The van der Waals surface area contributed by atoms with Crippen molar-refractivity contribution in [2.75, 3.05) is 6.61 Å². The van der Waals surface area contributed by atoms with Gasteiger partial charge in [-0.2, -0.15) is 0 Å². The van der Waals surface area contributed by atoms with Crippen LogP contribution in [0.1, 0.15) is 44.9 Å². The molecule has 2 rings (SSSR count). The van der Waals surface area contributed by atoms with E-state index in [1.54, 1.807) is 0 Å². The van der Waals surface area contributed by atoms with Crippen LogP contribution in [0.5, 0.6) is 0 Å². The molecule has 3 heteroatoms. The number of aliphatic hydroxyl groups excluding tert-OH is 1. The van der Waals surface area contributed by atoms with E-state index in [1.165, 1.54) is 12.8 Å². The van der Waals surface area contributed by atoms with Crippen LogP contribution in [0.2, 0.25) is 0 Å². The largest absolute Gasteiger partial charge is 0.396 e.